The first kappa shape index (κ1) is 19.0. The number of aliphatic hydroxyl groups is 1. The van der Waals surface area contributed by atoms with Crippen molar-refractivity contribution in [3.63, 3.8) is 0 Å². The molecule has 1 amide bonds. The van der Waals surface area contributed by atoms with Crippen molar-refractivity contribution >= 4 is 11.6 Å². The summed E-state index contributed by atoms with van der Waals surface area (Å²) < 4.78 is 0. The van der Waals surface area contributed by atoms with E-state index in [9.17, 15) is 9.90 Å². The van der Waals surface area contributed by atoms with Crippen LogP contribution in [-0.2, 0) is 0 Å². The Labute approximate surface area is 177 Å². The highest BCUT2D eigenvalue weighted by molar-refractivity contribution is 6.07. The Morgan fingerprint density at radius 3 is 2.43 bits per heavy atom. The third-order valence-electron chi connectivity index (χ3n) is 6.49. The third kappa shape index (κ3) is 3.22. The fourth-order valence-corrected chi connectivity index (χ4v) is 5.01. The topological polar surface area (TPSA) is 52.6 Å². The van der Waals surface area contributed by atoms with Gasteiger partial charge in [0, 0.05) is 35.8 Å². The SMILES string of the molecule is C[C@H](N[C@H]1C[C@H]2CN(C(=O)c3ccccc3)c3cccc(c32)[C@@H]1O)c1ccccc1. The molecule has 0 saturated heterocycles. The van der Waals surface area contributed by atoms with Crippen LogP contribution in [0.2, 0.25) is 0 Å². The smallest absolute Gasteiger partial charge is 0.258 e. The van der Waals surface area contributed by atoms with Crippen molar-refractivity contribution in [1.29, 1.82) is 0 Å². The van der Waals surface area contributed by atoms with Crippen LogP contribution >= 0.6 is 0 Å². The van der Waals surface area contributed by atoms with Crippen molar-refractivity contribution in [2.24, 2.45) is 0 Å². The molecule has 0 unspecified atom stereocenters. The van der Waals surface area contributed by atoms with Gasteiger partial charge in [0.2, 0.25) is 0 Å². The van der Waals surface area contributed by atoms with Gasteiger partial charge >= 0.3 is 0 Å². The number of carbonyl (C=O) groups is 1. The molecule has 0 radical (unpaired) electrons. The Balaban J connectivity index is 1.42. The maximum atomic E-state index is 13.2. The summed E-state index contributed by atoms with van der Waals surface area (Å²) in [6.07, 6.45) is 0.218. The standard InChI is InChI=1S/C26H26N2O2/c1-17(18-9-4-2-5-10-18)27-22-15-20-16-28(26(30)19-11-6-3-7-12-19)23-14-8-13-21(24(20)23)25(22)29/h2-14,17,20,22,25,27,29H,15-16H2,1H3/t17-,20-,22-,25-/m0/s1. The van der Waals surface area contributed by atoms with E-state index in [1.165, 1.54) is 5.56 Å². The lowest BCUT2D eigenvalue weighted by molar-refractivity contribution is 0.0978. The van der Waals surface area contributed by atoms with E-state index in [0.717, 1.165) is 23.2 Å². The number of hydrogen-bond donors (Lipinski definition) is 2. The molecule has 2 N–H and O–H groups in total. The molecule has 0 fully saturated rings. The Morgan fingerprint density at radius 2 is 1.70 bits per heavy atom. The number of amides is 1. The number of nitrogens with zero attached hydrogens (tertiary/aromatic N) is 1. The first-order valence-corrected chi connectivity index (χ1v) is 10.6. The number of anilines is 1. The zero-order valence-electron chi connectivity index (χ0n) is 17.0. The molecule has 30 heavy (non-hydrogen) atoms. The summed E-state index contributed by atoms with van der Waals surface area (Å²) in [7, 11) is 0. The summed E-state index contributed by atoms with van der Waals surface area (Å²) in [4.78, 5) is 15.1. The van der Waals surface area contributed by atoms with E-state index in [1.807, 2.05) is 71.6 Å². The fourth-order valence-electron chi connectivity index (χ4n) is 5.01. The predicted molar refractivity (Wildman–Crippen MR) is 119 cm³/mol. The normalized spacial score (nSPS) is 23.1. The summed E-state index contributed by atoms with van der Waals surface area (Å²) in [5.74, 6) is 0.253. The molecular weight excluding hydrogens is 372 g/mol. The summed E-state index contributed by atoms with van der Waals surface area (Å²) in [5, 5.41) is 14.8. The van der Waals surface area contributed by atoms with Gasteiger partial charge in [-0.1, -0.05) is 60.7 Å². The van der Waals surface area contributed by atoms with Crippen LogP contribution in [0.15, 0.2) is 78.9 Å². The van der Waals surface area contributed by atoms with Crippen LogP contribution in [0.3, 0.4) is 0 Å². The predicted octanol–water partition coefficient (Wildman–Crippen LogP) is 4.59. The summed E-state index contributed by atoms with van der Waals surface area (Å²) >= 11 is 0. The van der Waals surface area contributed by atoms with Crippen LogP contribution in [0.25, 0.3) is 0 Å². The lowest BCUT2D eigenvalue weighted by atomic mass is 9.79. The number of rotatable bonds is 4. The highest BCUT2D eigenvalue weighted by Gasteiger charge is 2.42. The fraction of sp³-hybridized carbons (Fsp3) is 0.269. The minimum absolute atomic E-state index is 0.0232. The van der Waals surface area contributed by atoms with E-state index >= 15 is 0 Å². The third-order valence-corrected chi connectivity index (χ3v) is 6.49. The van der Waals surface area contributed by atoms with Crippen LogP contribution in [-0.4, -0.2) is 23.6 Å². The lowest BCUT2D eigenvalue weighted by Crippen LogP contribution is -2.41. The number of aliphatic hydroxyl groups excluding tert-OH is 1. The number of nitrogens with one attached hydrogen (secondary N) is 1. The zero-order valence-corrected chi connectivity index (χ0v) is 17.0. The highest BCUT2D eigenvalue weighted by Crippen LogP contribution is 2.48. The second-order valence-electron chi connectivity index (χ2n) is 8.34. The van der Waals surface area contributed by atoms with E-state index < -0.39 is 6.10 Å². The monoisotopic (exact) mass is 398 g/mol. The van der Waals surface area contributed by atoms with Gasteiger partial charge in [-0.15, -0.1) is 0 Å². The van der Waals surface area contributed by atoms with Crippen LogP contribution in [0.1, 0.15) is 58.5 Å². The van der Waals surface area contributed by atoms with Gasteiger partial charge in [-0.25, -0.2) is 0 Å². The molecule has 0 saturated carbocycles. The minimum Gasteiger partial charge on any atom is -0.387 e. The van der Waals surface area contributed by atoms with Gasteiger partial charge in [0.05, 0.1) is 6.10 Å². The Morgan fingerprint density at radius 1 is 1.00 bits per heavy atom. The molecule has 0 bridgehead atoms. The molecule has 1 aliphatic carbocycles. The molecule has 3 aromatic carbocycles. The molecule has 4 nitrogen and oxygen atoms in total. The highest BCUT2D eigenvalue weighted by atomic mass is 16.3. The number of hydrogen-bond acceptors (Lipinski definition) is 3. The van der Waals surface area contributed by atoms with Gasteiger partial charge in [-0.3, -0.25) is 4.79 Å². The van der Waals surface area contributed by atoms with Gasteiger partial charge in [0.1, 0.15) is 0 Å². The molecule has 152 valence electrons. The van der Waals surface area contributed by atoms with Crippen LogP contribution in [0.5, 0.6) is 0 Å². The Hall–Kier alpha value is -2.95. The van der Waals surface area contributed by atoms with Gasteiger partial charge < -0.3 is 15.3 Å². The zero-order chi connectivity index (χ0) is 20.7. The van der Waals surface area contributed by atoms with E-state index in [0.29, 0.717) is 12.1 Å². The molecule has 0 aromatic heterocycles. The Kier molecular flexibility index (Phi) is 4.89. The van der Waals surface area contributed by atoms with E-state index in [4.69, 9.17) is 0 Å². The van der Waals surface area contributed by atoms with Crippen molar-refractivity contribution in [1.82, 2.24) is 5.32 Å². The van der Waals surface area contributed by atoms with Crippen molar-refractivity contribution in [3.05, 3.63) is 101 Å². The summed E-state index contributed by atoms with van der Waals surface area (Å²) in [6.45, 7) is 2.79. The largest absolute Gasteiger partial charge is 0.387 e. The molecule has 5 rings (SSSR count). The van der Waals surface area contributed by atoms with Gasteiger partial charge in [-0.05, 0) is 48.2 Å². The average molecular weight is 399 g/mol. The van der Waals surface area contributed by atoms with Crippen molar-refractivity contribution in [2.75, 3.05) is 11.4 Å². The first-order valence-electron chi connectivity index (χ1n) is 10.6. The minimum atomic E-state index is -0.589. The second kappa shape index (κ2) is 7.71. The molecule has 1 aliphatic heterocycles. The van der Waals surface area contributed by atoms with E-state index in [-0.39, 0.29) is 23.9 Å². The van der Waals surface area contributed by atoms with Crippen molar-refractivity contribution in [3.8, 4) is 0 Å². The average Bonchev–Trinajstić information content (AvgIpc) is 3.17. The molecule has 4 heteroatoms. The molecule has 0 spiro atoms. The first-order chi connectivity index (χ1) is 14.6. The Bertz CT molecular complexity index is 1050. The lowest BCUT2D eigenvalue weighted by Gasteiger charge is -2.35. The van der Waals surface area contributed by atoms with Crippen LogP contribution < -0.4 is 10.2 Å². The maximum absolute atomic E-state index is 13.2. The van der Waals surface area contributed by atoms with E-state index in [2.05, 4.69) is 24.4 Å². The number of benzene rings is 3. The van der Waals surface area contributed by atoms with Crippen LogP contribution in [0.4, 0.5) is 5.69 Å². The van der Waals surface area contributed by atoms with Gasteiger partial charge in [-0.2, -0.15) is 0 Å². The summed E-state index contributed by atoms with van der Waals surface area (Å²) in [6, 6.07) is 25.8. The molecule has 4 atom stereocenters. The van der Waals surface area contributed by atoms with Crippen molar-refractivity contribution < 1.29 is 9.90 Å². The van der Waals surface area contributed by atoms with Gasteiger partial charge in [0.25, 0.3) is 5.91 Å². The molecular formula is C26H26N2O2. The quantitative estimate of drug-likeness (QED) is 0.676. The maximum Gasteiger partial charge on any atom is 0.258 e. The van der Waals surface area contributed by atoms with Crippen molar-refractivity contribution in [2.45, 2.75) is 37.5 Å². The van der Waals surface area contributed by atoms with E-state index in [1.54, 1.807) is 0 Å². The van der Waals surface area contributed by atoms with Crippen LogP contribution in [0, 0.1) is 0 Å². The van der Waals surface area contributed by atoms with Gasteiger partial charge in [0.15, 0.2) is 0 Å². The second-order valence-corrected chi connectivity index (χ2v) is 8.34. The molecule has 2 aliphatic rings. The summed E-state index contributed by atoms with van der Waals surface area (Å²) in [5.41, 5.74) is 4.93. The molecule has 1 heterocycles. The number of carbonyl (C=O) groups excluding carboxylic acids is 1. The molecule has 3 aromatic rings.